The molecule has 0 aliphatic heterocycles. The Bertz CT molecular complexity index is 1240. The zero-order valence-electron chi connectivity index (χ0n) is 14.6. The third-order valence-electron chi connectivity index (χ3n) is 4.44. The van der Waals surface area contributed by atoms with Gasteiger partial charge in [0.1, 0.15) is 12.3 Å². The van der Waals surface area contributed by atoms with Crippen molar-refractivity contribution in [1.82, 2.24) is 4.57 Å². The summed E-state index contributed by atoms with van der Waals surface area (Å²) in [6.45, 7) is 1.95. The second-order valence-corrected chi connectivity index (χ2v) is 7.30. The van der Waals surface area contributed by atoms with Crippen LogP contribution in [0.5, 0.6) is 5.75 Å². The van der Waals surface area contributed by atoms with Crippen molar-refractivity contribution >= 4 is 43.7 Å². The SMILES string of the molecule is Cc1ccc2c(c1)c(=O)c1ccccc1n2CC(=O)Oc1cccc(Br)c1. The standard InChI is InChI=1S/C22H16BrNO3/c1-14-9-10-20-18(11-14)22(26)17-7-2-3-8-19(17)24(20)13-21(25)27-16-6-4-5-15(23)12-16/h2-12H,13H2,1H3. The van der Waals surface area contributed by atoms with E-state index in [-0.39, 0.29) is 12.0 Å². The van der Waals surface area contributed by atoms with Gasteiger partial charge in [0.05, 0.1) is 11.0 Å². The first-order valence-electron chi connectivity index (χ1n) is 8.51. The number of fused-ring (bicyclic) bond motifs is 2. The van der Waals surface area contributed by atoms with Crippen LogP contribution in [0.25, 0.3) is 21.8 Å². The Kier molecular flexibility index (Phi) is 4.54. The van der Waals surface area contributed by atoms with Crippen molar-refractivity contribution in [2.75, 3.05) is 0 Å². The van der Waals surface area contributed by atoms with Gasteiger partial charge in [-0.1, -0.05) is 45.8 Å². The van der Waals surface area contributed by atoms with E-state index in [1.807, 2.05) is 54.0 Å². The molecule has 4 aromatic rings. The van der Waals surface area contributed by atoms with Gasteiger partial charge in [-0.3, -0.25) is 4.79 Å². The number of aryl methyl sites for hydroxylation is 1. The maximum atomic E-state index is 12.9. The molecule has 0 aliphatic rings. The van der Waals surface area contributed by atoms with E-state index >= 15 is 0 Å². The van der Waals surface area contributed by atoms with E-state index in [2.05, 4.69) is 15.9 Å². The lowest BCUT2D eigenvalue weighted by Crippen LogP contribution is -2.20. The van der Waals surface area contributed by atoms with Gasteiger partial charge in [-0.25, -0.2) is 4.79 Å². The van der Waals surface area contributed by atoms with E-state index < -0.39 is 5.97 Å². The number of benzene rings is 3. The highest BCUT2D eigenvalue weighted by molar-refractivity contribution is 9.10. The van der Waals surface area contributed by atoms with Gasteiger partial charge in [-0.15, -0.1) is 0 Å². The van der Waals surface area contributed by atoms with E-state index in [9.17, 15) is 9.59 Å². The Morgan fingerprint density at radius 1 is 0.963 bits per heavy atom. The van der Waals surface area contributed by atoms with Gasteiger partial charge in [-0.05, 0) is 49.4 Å². The third-order valence-corrected chi connectivity index (χ3v) is 4.94. The molecule has 0 N–H and O–H groups in total. The summed E-state index contributed by atoms with van der Waals surface area (Å²) in [6.07, 6.45) is 0. The summed E-state index contributed by atoms with van der Waals surface area (Å²) in [5, 5.41) is 1.19. The van der Waals surface area contributed by atoms with Gasteiger partial charge in [0, 0.05) is 15.2 Å². The lowest BCUT2D eigenvalue weighted by atomic mass is 10.1. The van der Waals surface area contributed by atoms with Crippen molar-refractivity contribution in [2.45, 2.75) is 13.5 Å². The summed E-state index contributed by atoms with van der Waals surface area (Å²) in [7, 11) is 0. The minimum atomic E-state index is -0.399. The monoisotopic (exact) mass is 421 g/mol. The number of carbonyl (C=O) groups excluding carboxylic acids is 1. The lowest BCUT2D eigenvalue weighted by molar-refractivity contribution is -0.134. The average molecular weight is 422 g/mol. The number of halogens is 1. The maximum Gasteiger partial charge on any atom is 0.331 e. The molecule has 0 atom stereocenters. The van der Waals surface area contributed by atoms with Crippen molar-refractivity contribution in [3.8, 4) is 5.75 Å². The smallest absolute Gasteiger partial charge is 0.331 e. The Balaban J connectivity index is 1.83. The van der Waals surface area contributed by atoms with Crippen molar-refractivity contribution < 1.29 is 9.53 Å². The normalized spacial score (nSPS) is 11.0. The molecule has 4 rings (SSSR count). The number of rotatable bonds is 3. The predicted molar refractivity (Wildman–Crippen MR) is 110 cm³/mol. The van der Waals surface area contributed by atoms with E-state index in [4.69, 9.17) is 4.74 Å². The van der Waals surface area contributed by atoms with Crippen molar-refractivity contribution in [2.24, 2.45) is 0 Å². The molecule has 0 amide bonds. The third kappa shape index (κ3) is 3.38. The topological polar surface area (TPSA) is 48.3 Å². The molecule has 0 saturated heterocycles. The number of hydrogen-bond acceptors (Lipinski definition) is 3. The Labute approximate surface area is 164 Å². The molecule has 1 heterocycles. The van der Waals surface area contributed by atoms with E-state index in [1.165, 1.54) is 0 Å². The van der Waals surface area contributed by atoms with Gasteiger partial charge < -0.3 is 9.30 Å². The molecule has 0 unspecified atom stereocenters. The number of nitrogens with zero attached hydrogens (tertiary/aromatic N) is 1. The Morgan fingerprint density at radius 2 is 1.74 bits per heavy atom. The first kappa shape index (κ1) is 17.5. The molecule has 0 fully saturated rings. The summed E-state index contributed by atoms with van der Waals surface area (Å²) in [5.41, 5.74) is 2.40. The molecule has 1 aromatic heterocycles. The minimum absolute atomic E-state index is 0.00681. The van der Waals surface area contributed by atoms with Crippen LogP contribution in [-0.2, 0) is 11.3 Å². The number of para-hydroxylation sites is 1. The molecular weight excluding hydrogens is 406 g/mol. The fraction of sp³-hybridized carbons (Fsp3) is 0.0909. The molecule has 0 saturated carbocycles. The number of hydrogen-bond donors (Lipinski definition) is 0. The van der Waals surface area contributed by atoms with Crippen LogP contribution in [0.3, 0.4) is 0 Å². The van der Waals surface area contributed by atoms with Crippen molar-refractivity contribution in [3.05, 3.63) is 87.0 Å². The number of ether oxygens (including phenoxy) is 1. The number of carbonyl (C=O) groups is 1. The Morgan fingerprint density at radius 3 is 2.56 bits per heavy atom. The summed E-state index contributed by atoms with van der Waals surface area (Å²) in [6, 6.07) is 20.1. The highest BCUT2D eigenvalue weighted by Gasteiger charge is 2.14. The summed E-state index contributed by atoms with van der Waals surface area (Å²) >= 11 is 3.37. The first-order valence-corrected chi connectivity index (χ1v) is 9.30. The second-order valence-electron chi connectivity index (χ2n) is 6.38. The predicted octanol–water partition coefficient (Wildman–Crippen LogP) is 4.83. The number of pyridine rings is 1. The van der Waals surface area contributed by atoms with Crippen LogP contribution >= 0.6 is 15.9 Å². The van der Waals surface area contributed by atoms with E-state index in [1.54, 1.807) is 24.3 Å². The van der Waals surface area contributed by atoms with Gasteiger partial charge >= 0.3 is 5.97 Å². The maximum absolute atomic E-state index is 12.9. The molecule has 5 heteroatoms. The van der Waals surface area contributed by atoms with E-state index in [0.29, 0.717) is 22.0 Å². The van der Waals surface area contributed by atoms with E-state index in [0.717, 1.165) is 15.6 Å². The Hall–Kier alpha value is -2.92. The largest absolute Gasteiger partial charge is 0.425 e. The quantitative estimate of drug-likeness (QED) is 0.270. The molecule has 0 spiro atoms. The van der Waals surface area contributed by atoms with Crippen LogP contribution in [0, 0.1) is 6.92 Å². The highest BCUT2D eigenvalue weighted by Crippen LogP contribution is 2.22. The molecule has 3 aromatic carbocycles. The fourth-order valence-electron chi connectivity index (χ4n) is 3.24. The zero-order valence-corrected chi connectivity index (χ0v) is 16.2. The first-order chi connectivity index (χ1) is 13.0. The minimum Gasteiger partial charge on any atom is -0.425 e. The van der Waals surface area contributed by atoms with Crippen LogP contribution in [0.1, 0.15) is 5.56 Å². The van der Waals surface area contributed by atoms with Gasteiger partial charge in [-0.2, -0.15) is 0 Å². The molecule has 4 nitrogen and oxygen atoms in total. The molecule has 27 heavy (non-hydrogen) atoms. The van der Waals surface area contributed by atoms with Crippen LogP contribution in [-0.4, -0.2) is 10.5 Å². The fourth-order valence-corrected chi connectivity index (χ4v) is 3.61. The molecule has 0 aliphatic carbocycles. The second kappa shape index (κ2) is 7.00. The van der Waals surface area contributed by atoms with Crippen LogP contribution < -0.4 is 10.2 Å². The number of aromatic nitrogens is 1. The van der Waals surface area contributed by atoms with Gasteiger partial charge in [0.2, 0.25) is 0 Å². The number of esters is 1. The van der Waals surface area contributed by atoms with Crippen LogP contribution in [0.15, 0.2) is 76.0 Å². The van der Waals surface area contributed by atoms with Crippen molar-refractivity contribution in [1.29, 1.82) is 0 Å². The lowest BCUT2D eigenvalue weighted by Gasteiger charge is -2.15. The highest BCUT2D eigenvalue weighted by atomic mass is 79.9. The summed E-state index contributed by atoms with van der Waals surface area (Å²) < 4.78 is 8.16. The molecule has 0 radical (unpaired) electrons. The average Bonchev–Trinajstić information content (AvgIpc) is 2.65. The molecule has 134 valence electrons. The van der Waals surface area contributed by atoms with Crippen LogP contribution in [0.2, 0.25) is 0 Å². The summed E-state index contributed by atoms with van der Waals surface area (Å²) in [4.78, 5) is 25.5. The molecule has 0 bridgehead atoms. The van der Waals surface area contributed by atoms with Gasteiger partial charge in [0.15, 0.2) is 5.43 Å². The summed E-state index contributed by atoms with van der Waals surface area (Å²) in [5.74, 6) is 0.0728. The van der Waals surface area contributed by atoms with Crippen molar-refractivity contribution in [3.63, 3.8) is 0 Å². The molecular formula is C22H16BrNO3. The van der Waals surface area contributed by atoms with Gasteiger partial charge in [0.25, 0.3) is 0 Å². The zero-order chi connectivity index (χ0) is 19.0. The van der Waals surface area contributed by atoms with Crippen LogP contribution in [0.4, 0.5) is 0 Å².